The molecule has 9 nitrogen and oxygen atoms in total. The molecular weight excluding hydrogens is 607 g/mol. The number of methoxy groups -OCH3 is 1. The van der Waals surface area contributed by atoms with Crippen molar-refractivity contribution in [2.45, 2.75) is 51.2 Å². The molecule has 2 aromatic carbocycles. The molecule has 4 bridgehead atoms. The third-order valence-corrected chi connectivity index (χ3v) is 10.8. The molecule has 0 radical (unpaired) electrons. The first-order valence-corrected chi connectivity index (χ1v) is 16.6. The predicted octanol–water partition coefficient (Wildman–Crippen LogP) is 6.61. The lowest BCUT2D eigenvalue weighted by molar-refractivity contribution is -0.137. The number of anilines is 5. The van der Waals surface area contributed by atoms with Gasteiger partial charge in [-0.2, -0.15) is 18.2 Å². The van der Waals surface area contributed by atoms with Gasteiger partial charge in [-0.3, -0.25) is 9.69 Å². The normalized spacial score (nSPS) is 25.5. The van der Waals surface area contributed by atoms with Gasteiger partial charge >= 0.3 is 6.18 Å². The van der Waals surface area contributed by atoms with Crippen molar-refractivity contribution >= 4 is 34.7 Å². The number of aryl methyl sites for hydroxylation is 1. The molecule has 0 spiro atoms. The highest BCUT2D eigenvalue weighted by Gasteiger charge is 2.50. The summed E-state index contributed by atoms with van der Waals surface area (Å²) in [6.07, 6.45) is 3.17. The lowest BCUT2D eigenvalue weighted by atomic mass is 9.54. The summed E-state index contributed by atoms with van der Waals surface area (Å²) in [4.78, 5) is 25.8. The maximum absolute atomic E-state index is 14.0. The molecule has 1 saturated heterocycles. The van der Waals surface area contributed by atoms with Crippen molar-refractivity contribution < 1.29 is 22.7 Å². The zero-order valence-electron chi connectivity index (χ0n) is 27.0. The van der Waals surface area contributed by atoms with E-state index in [1.165, 1.54) is 45.2 Å². The smallest absolute Gasteiger partial charge is 0.421 e. The van der Waals surface area contributed by atoms with Crippen LogP contribution in [0.1, 0.15) is 53.6 Å². The van der Waals surface area contributed by atoms with Gasteiger partial charge in [-0.15, -0.1) is 0 Å². The van der Waals surface area contributed by atoms with Crippen LogP contribution >= 0.6 is 0 Å². The quantitative estimate of drug-likeness (QED) is 0.251. The van der Waals surface area contributed by atoms with E-state index in [0.29, 0.717) is 17.0 Å². The van der Waals surface area contributed by atoms with Crippen LogP contribution in [0.2, 0.25) is 0 Å². The first kappa shape index (κ1) is 31.5. The third-order valence-electron chi connectivity index (χ3n) is 10.8. The highest BCUT2D eigenvalue weighted by Crippen LogP contribution is 2.55. The highest BCUT2D eigenvalue weighted by atomic mass is 19.4. The van der Waals surface area contributed by atoms with E-state index >= 15 is 0 Å². The molecule has 1 aliphatic heterocycles. The Morgan fingerprint density at radius 2 is 1.66 bits per heavy atom. The van der Waals surface area contributed by atoms with Gasteiger partial charge in [-0.1, -0.05) is 12.1 Å². The molecule has 3 aromatic rings. The number of carbonyl (C=O) groups is 1. The van der Waals surface area contributed by atoms with Crippen LogP contribution in [0.3, 0.4) is 0 Å². The van der Waals surface area contributed by atoms with Gasteiger partial charge in [-0.25, -0.2) is 4.98 Å². The number of piperazine rings is 1. The number of carbonyl (C=O) groups excluding carboxylic acids is 1. The Kier molecular flexibility index (Phi) is 8.40. The van der Waals surface area contributed by atoms with Gasteiger partial charge in [0.05, 0.1) is 24.0 Å². The fraction of sp³-hybridized carbons (Fsp3) is 0.514. The average Bonchev–Trinajstić information content (AvgIpc) is 3.05. The number of aromatic nitrogens is 2. The molecule has 47 heavy (non-hydrogen) atoms. The Hall–Kier alpha value is -4.06. The van der Waals surface area contributed by atoms with Gasteiger partial charge in [0.1, 0.15) is 17.1 Å². The van der Waals surface area contributed by atoms with E-state index < -0.39 is 23.5 Å². The molecule has 12 heteroatoms. The minimum absolute atomic E-state index is 0.0501. The molecule has 0 atom stereocenters. The topological polar surface area (TPSA) is 94.6 Å². The van der Waals surface area contributed by atoms with Gasteiger partial charge in [0, 0.05) is 57.2 Å². The molecule has 0 unspecified atom stereocenters. The van der Waals surface area contributed by atoms with Crippen LogP contribution in [0.15, 0.2) is 42.6 Å². The second-order valence-corrected chi connectivity index (χ2v) is 13.6. The van der Waals surface area contributed by atoms with Crippen LogP contribution in [-0.4, -0.2) is 67.2 Å². The maximum Gasteiger partial charge on any atom is 0.421 e. The van der Waals surface area contributed by atoms with E-state index in [2.05, 4.69) is 35.7 Å². The number of hydrogen-bond acceptors (Lipinski definition) is 8. The number of alkyl halides is 3. The molecule has 5 fully saturated rings. The molecular formula is C35H42F3N7O2. The lowest BCUT2D eigenvalue weighted by Gasteiger charge is -2.58. The molecule has 3 N–H and O–H groups in total. The minimum atomic E-state index is -4.73. The second-order valence-electron chi connectivity index (χ2n) is 13.6. The van der Waals surface area contributed by atoms with Crippen molar-refractivity contribution in [3.05, 3.63) is 59.3 Å². The van der Waals surface area contributed by atoms with Crippen molar-refractivity contribution in [2.75, 3.05) is 55.9 Å². The van der Waals surface area contributed by atoms with Crippen molar-refractivity contribution in [3.63, 3.8) is 0 Å². The number of halogens is 3. The van der Waals surface area contributed by atoms with E-state index in [4.69, 9.17) is 4.74 Å². The van der Waals surface area contributed by atoms with Crippen LogP contribution in [0.25, 0.3) is 0 Å². The zero-order chi connectivity index (χ0) is 32.9. The predicted molar refractivity (Wildman–Crippen MR) is 176 cm³/mol. The summed E-state index contributed by atoms with van der Waals surface area (Å²) in [5, 5.41) is 8.34. The standard InChI is InChI=1S/C35H42F3N7O2/c1-20-5-4-6-26(33(46)39-2)30(20)42-32-27(35(36,37)38)19-40-34(43-32)41-28-8-7-25(18-29(28)47-3)44-9-11-45(12-10-44)31-23-14-21-13-22(16-23)17-24(31)15-21/h4-8,18-19,21-24,31H,9-17H2,1-3H3,(H,39,46)(H2,40,41,42,43). The van der Waals surface area contributed by atoms with E-state index in [9.17, 15) is 18.0 Å². The van der Waals surface area contributed by atoms with Gasteiger partial charge in [-0.05, 0) is 86.5 Å². The van der Waals surface area contributed by atoms with E-state index in [1.54, 1.807) is 26.2 Å². The Balaban J connectivity index is 1.07. The highest BCUT2D eigenvalue weighted by molar-refractivity contribution is 6.00. The molecule has 4 aliphatic carbocycles. The molecule has 1 amide bonds. The third kappa shape index (κ3) is 6.19. The Bertz CT molecular complexity index is 1610. The zero-order valence-corrected chi connectivity index (χ0v) is 27.0. The number of nitrogens with zero attached hydrogens (tertiary/aromatic N) is 4. The van der Waals surface area contributed by atoms with Gasteiger partial charge < -0.3 is 25.6 Å². The number of benzene rings is 2. The number of hydrogen-bond donors (Lipinski definition) is 3. The van der Waals surface area contributed by atoms with Crippen molar-refractivity contribution in [1.82, 2.24) is 20.2 Å². The summed E-state index contributed by atoms with van der Waals surface area (Å²) in [5.41, 5.74) is 1.52. The summed E-state index contributed by atoms with van der Waals surface area (Å²) in [7, 11) is 3.03. The minimum Gasteiger partial charge on any atom is -0.494 e. The van der Waals surface area contributed by atoms with E-state index in [0.717, 1.165) is 67.8 Å². The van der Waals surface area contributed by atoms with Gasteiger partial charge in [0.15, 0.2) is 0 Å². The number of rotatable bonds is 8. The summed E-state index contributed by atoms with van der Waals surface area (Å²) >= 11 is 0. The van der Waals surface area contributed by atoms with Crippen LogP contribution in [0.5, 0.6) is 5.75 Å². The van der Waals surface area contributed by atoms with Gasteiger partial charge in [0.2, 0.25) is 5.95 Å². The van der Waals surface area contributed by atoms with Gasteiger partial charge in [0.25, 0.3) is 5.91 Å². The van der Waals surface area contributed by atoms with Crippen molar-refractivity contribution in [1.29, 1.82) is 0 Å². The van der Waals surface area contributed by atoms with E-state index in [-0.39, 0.29) is 17.2 Å². The largest absolute Gasteiger partial charge is 0.494 e. The number of para-hydroxylation sites is 1. The average molecular weight is 650 g/mol. The number of ether oxygens (including phenoxy) is 1. The lowest BCUT2D eigenvalue weighted by Crippen LogP contribution is -2.60. The fourth-order valence-electron chi connectivity index (χ4n) is 8.89. The molecule has 250 valence electrons. The molecule has 1 aromatic heterocycles. The first-order chi connectivity index (χ1) is 22.6. The summed E-state index contributed by atoms with van der Waals surface area (Å²) in [5.74, 6) is 3.27. The van der Waals surface area contributed by atoms with Crippen LogP contribution in [0.4, 0.5) is 42.0 Å². The second kappa shape index (κ2) is 12.5. The van der Waals surface area contributed by atoms with Crippen molar-refractivity contribution in [2.24, 2.45) is 23.7 Å². The molecule has 4 saturated carbocycles. The number of amides is 1. The van der Waals surface area contributed by atoms with Crippen LogP contribution < -0.4 is 25.6 Å². The van der Waals surface area contributed by atoms with E-state index in [1.807, 2.05) is 18.2 Å². The van der Waals surface area contributed by atoms with Crippen LogP contribution in [-0.2, 0) is 6.18 Å². The Labute approximate surface area is 273 Å². The van der Waals surface area contributed by atoms with Crippen LogP contribution in [0, 0.1) is 30.6 Å². The fourth-order valence-corrected chi connectivity index (χ4v) is 8.89. The summed E-state index contributed by atoms with van der Waals surface area (Å²) < 4.78 is 47.8. The summed E-state index contributed by atoms with van der Waals surface area (Å²) in [6.45, 7) is 5.68. The first-order valence-electron chi connectivity index (χ1n) is 16.6. The monoisotopic (exact) mass is 649 g/mol. The number of nitrogens with one attached hydrogen (secondary N) is 3. The molecule has 5 aliphatic rings. The van der Waals surface area contributed by atoms with Crippen molar-refractivity contribution in [3.8, 4) is 5.75 Å². The Morgan fingerprint density at radius 1 is 0.957 bits per heavy atom. The molecule has 8 rings (SSSR count). The Morgan fingerprint density at radius 3 is 2.30 bits per heavy atom. The maximum atomic E-state index is 14.0. The summed E-state index contributed by atoms with van der Waals surface area (Å²) in [6, 6.07) is 11.5. The molecule has 2 heterocycles. The SMILES string of the molecule is CNC(=O)c1cccc(C)c1Nc1nc(Nc2ccc(N3CCN(C4C5CC6CC(C5)CC4C6)CC3)cc2OC)ncc1C(F)(F)F.